The number of carbonyl (C=O) groups is 3. The second-order valence-electron chi connectivity index (χ2n) is 4.49. The van der Waals surface area contributed by atoms with Crippen molar-refractivity contribution in [3.63, 3.8) is 0 Å². The van der Waals surface area contributed by atoms with Crippen LogP contribution in [0.25, 0.3) is 0 Å². The highest BCUT2D eigenvalue weighted by molar-refractivity contribution is 7.86. The number of carboxylic acid groups (broad SMARTS) is 3. The number of rotatable bonds is 6. The predicted octanol–water partition coefficient (Wildman–Crippen LogP) is -0.733. The summed E-state index contributed by atoms with van der Waals surface area (Å²) in [4.78, 5) is 30.2. The van der Waals surface area contributed by atoms with Crippen molar-refractivity contribution in [1.29, 1.82) is 0 Å². The molecule has 0 aliphatic carbocycles. The molecular weight excluding hydrogens is 350 g/mol. The number of nitrogen functional groups attached to an aromatic ring is 1. The number of nitrogens with two attached hydrogens (primary N) is 1. The molecule has 0 aliphatic rings. The van der Waals surface area contributed by atoms with Crippen LogP contribution in [-0.4, -0.2) is 56.9 Å². The number of hydrogen-bond acceptors (Lipinski definition) is 7. The van der Waals surface area contributed by atoms with Crippen molar-refractivity contribution in [1.82, 2.24) is 0 Å². The van der Waals surface area contributed by atoms with Gasteiger partial charge in [-0.2, -0.15) is 8.42 Å². The average molecular weight is 365 g/mol. The van der Waals surface area contributed by atoms with Crippen molar-refractivity contribution in [3.8, 4) is 0 Å². The molecular formula is C12H15NO10S. The highest BCUT2D eigenvalue weighted by atomic mass is 32.2. The fraction of sp³-hybridized carbons (Fsp3) is 0.250. The first-order valence-corrected chi connectivity index (χ1v) is 7.45. The lowest BCUT2D eigenvalue weighted by Gasteiger charge is -2.18. The Morgan fingerprint density at radius 1 is 1.00 bits per heavy atom. The van der Waals surface area contributed by atoms with E-state index in [0.717, 1.165) is 0 Å². The molecule has 0 heterocycles. The molecule has 0 bridgehead atoms. The molecule has 1 rings (SSSR count). The molecule has 11 nitrogen and oxygen atoms in total. The van der Waals surface area contributed by atoms with Gasteiger partial charge in [-0.15, -0.1) is 0 Å². The standard InChI is InChI=1S/C6H7NO3S.C6H8O7/c7-5-3-1-2-4-6(5)11(8,9)10;7-3(8)1-6(13,5(11)12)2-4(9)10/h1-4H,7H2,(H,8,9,10);13H,1-2H2,(H,7,8)(H,9,10)(H,11,12). The van der Waals surface area contributed by atoms with Crippen molar-refractivity contribution in [2.45, 2.75) is 23.3 Å². The number of benzene rings is 1. The lowest BCUT2D eigenvalue weighted by Crippen LogP contribution is -2.42. The third-order valence-corrected chi connectivity index (χ3v) is 3.41. The monoisotopic (exact) mass is 365 g/mol. The van der Waals surface area contributed by atoms with E-state index in [-0.39, 0.29) is 10.6 Å². The van der Waals surface area contributed by atoms with Crippen LogP contribution in [0.2, 0.25) is 0 Å². The fourth-order valence-electron chi connectivity index (χ4n) is 1.43. The van der Waals surface area contributed by atoms with Crippen LogP contribution in [0.3, 0.4) is 0 Å². The van der Waals surface area contributed by atoms with Gasteiger partial charge >= 0.3 is 17.9 Å². The molecule has 134 valence electrons. The first kappa shape index (κ1) is 21.3. The zero-order valence-corrected chi connectivity index (χ0v) is 12.8. The van der Waals surface area contributed by atoms with Gasteiger partial charge in [0.25, 0.3) is 10.1 Å². The van der Waals surface area contributed by atoms with Crippen molar-refractivity contribution in [2.24, 2.45) is 0 Å². The van der Waals surface area contributed by atoms with Gasteiger partial charge in [0.05, 0.1) is 18.5 Å². The third kappa shape index (κ3) is 7.04. The van der Waals surface area contributed by atoms with E-state index in [2.05, 4.69) is 0 Å². The summed E-state index contributed by atoms with van der Waals surface area (Å²) in [6, 6.07) is 5.72. The number of aliphatic hydroxyl groups is 1. The van der Waals surface area contributed by atoms with Crippen LogP contribution in [-0.2, 0) is 24.5 Å². The summed E-state index contributed by atoms with van der Waals surface area (Å²) in [7, 11) is -4.16. The van der Waals surface area contributed by atoms with Crippen LogP contribution in [0.15, 0.2) is 29.2 Å². The third-order valence-electron chi connectivity index (χ3n) is 2.48. The van der Waals surface area contributed by atoms with Gasteiger partial charge < -0.3 is 26.2 Å². The summed E-state index contributed by atoms with van der Waals surface area (Å²) in [5.74, 6) is -5.02. The normalized spacial score (nSPS) is 11.1. The maximum Gasteiger partial charge on any atom is 0.336 e. The highest BCUT2D eigenvalue weighted by Gasteiger charge is 2.40. The Hall–Kier alpha value is -2.70. The summed E-state index contributed by atoms with van der Waals surface area (Å²) >= 11 is 0. The van der Waals surface area contributed by atoms with E-state index in [1.54, 1.807) is 6.07 Å². The largest absolute Gasteiger partial charge is 0.481 e. The molecule has 0 aliphatic heterocycles. The SMILES string of the molecule is Nc1ccccc1S(=O)(=O)O.O=C(O)CC(O)(CC(=O)O)C(=O)O. The zero-order valence-electron chi connectivity index (χ0n) is 12.0. The van der Waals surface area contributed by atoms with Crippen LogP contribution in [0.5, 0.6) is 0 Å². The lowest BCUT2D eigenvalue weighted by atomic mass is 9.96. The Labute approximate surface area is 135 Å². The lowest BCUT2D eigenvalue weighted by molar-refractivity contribution is -0.170. The molecule has 0 saturated heterocycles. The summed E-state index contributed by atoms with van der Waals surface area (Å²) < 4.78 is 29.6. The summed E-state index contributed by atoms with van der Waals surface area (Å²) in [6.45, 7) is 0. The van der Waals surface area contributed by atoms with Crippen molar-refractivity contribution in [2.75, 3.05) is 5.73 Å². The van der Waals surface area contributed by atoms with E-state index in [0.29, 0.717) is 0 Å². The molecule has 12 heteroatoms. The van der Waals surface area contributed by atoms with Crippen LogP contribution in [0.4, 0.5) is 5.69 Å². The van der Waals surface area contributed by atoms with E-state index >= 15 is 0 Å². The van der Waals surface area contributed by atoms with Crippen molar-refractivity contribution < 1.29 is 47.8 Å². The molecule has 1 aromatic carbocycles. The second kappa shape index (κ2) is 8.24. The number of carboxylic acids is 3. The Morgan fingerprint density at radius 3 is 1.67 bits per heavy atom. The molecule has 0 aromatic heterocycles. The number of para-hydroxylation sites is 1. The van der Waals surface area contributed by atoms with E-state index in [9.17, 15) is 22.8 Å². The first-order chi connectivity index (χ1) is 10.8. The topological polar surface area (TPSA) is 213 Å². The summed E-state index contributed by atoms with van der Waals surface area (Å²) in [6.07, 6.45) is -2.29. The molecule has 7 N–H and O–H groups in total. The Morgan fingerprint density at radius 2 is 1.42 bits per heavy atom. The van der Waals surface area contributed by atoms with E-state index < -0.39 is 46.5 Å². The Kier molecular flexibility index (Phi) is 7.31. The minimum atomic E-state index is -4.16. The highest BCUT2D eigenvalue weighted by Crippen LogP contribution is 2.16. The Balaban J connectivity index is 0.000000446. The molecule has 0 amide bonds. The molecule has 0 radical (unpaired) electrons. The maximum absolute atomic E-state index is 10.5. The molecule has 24 heavy (non-hydrogen) atoms. The van der Waals surface area contributed by atoms with Crippen molar-refractivity contribution >= 4 is 33.7 Å². The van der Waals surface area contributed by atoms with Crippen LogP contribution in [0, 0.1) is 0 Å². The smallest absolute Gasteiger partial charge is 0.336 e. The van der Waals surface area contributed by atoms with E-state index in [1.807, 2.05) is 0 Å². The first-order valence-electron chi connectivity index (χ1n) is 6.01. The average Bonchev–Trinajstić information content (AvgIpc) is 2.36. The molecule has 1 aromatic rings. The van der Waals surface area contributed by atoms with Gasteiger partial charge in [0.2, 0.25) is 0 Å². The minimum Gasteiger partial charge on any atom is -0.481 e. The Bertz CT molecular complexity index is 711. The number of hydrogen-bond donors (Lipinski definition) is 6. The number of aliphatic carboxylic acids is 3. The molecule has 0 unspecified atom stereocenters. The van der Waals surface area contributed by atoms with Gasteiger partial charge in [0.1, 0.15) is 4.90 Å². The van der Waals surface area contributed by atoms with Gasteiger partial charge in [0, 0.05) is 0 Å². The van der Waals surface area contributed by atoms with Crippen LogP contribution < -0.4 is 5.73 Å². The zero-order chi connectivity index (χ0) is 19.1. The van der Waals surface area contributed by atoms with Gasteiger partial charge in [-0.25, -0.2) is 4.79 Å². The van der Waals surface area contributed by atoms with Gasteiger partial charge in [0.15, 0.2) is 5.60 Å². The number of anilines is 1. The quantitative estimate of drug-likeness (QED) is 0.273. The van der Waals surface area contributed by atoms with Crippen LogP contribution in [0.1, 0.15) is 12.8 Å². The minimum absolute atomic E-state index is 0.0509. The molecule has 0 fully saturated rings. The van der Waals surface area contributed by atoms with Crippen molar-refractivity contribution in [3.05, 3.63) is 24.3 Å². The second-order valence-corrected chi connectivity index (χ2v) is 5.88. The van der Waals surface area contributed by atoms with Gasteiger partial charge in [-0.1, -0.05) is 12.1 Å². The van der Waals surface area contributed by atoms with Gasteiger partial charge in [-0.3, -0.25) is 14.1 Å². The summed E-state index contributed by atoms with van der Waals surface area (Å²) in [5.41, 5.74) is 2.58. The molecule has 0 atom stereocenters. The summed E-state index contributed by atoms with van der Waals surface area (Å²) in [5, 5.41) is 33.8. The predicted molar refractivity (Wildman–Crippen MR) is 77.8 cm³/mol. The van der Waals surface area contributed by atoms with Gasteiger partial charge in [-0.05, 0) is 12.1 Å². The maximum atomic E-state index is 10.5. The molecule has 0 saturated carbocycles. The van der Waals surface area contributed by atoms with E-state index in [4.69, 9.17) is 30.7 Å². The van der Waals surface area contributed by atoms with Crippen LogP contribution >= 0.6 is 0 Å². The molecule has 0 spiro atoms. The van der Waals surface area contributed by atoms with E-state index in [1.165, 1.54) is 18.2 Å². The fourth-order valence-corrected chi connectivity index (χ4v) is 2.05.